The molecule has 0 bridgehead atoms. The van der Waals surface area contributed by atoms with Crippen LogP contribution in [0.5, 0.6) is 5.75 Å². The minimum atomic E-state index is 0.0765. The molecule has 2 aromatic rings. The van der Waals surface area contributed by atoms with E-state index in [1.807, 2.05) is 6.07 Å². The maximum absolute atomic E-state index is 6.34. The average Bonchev–Trinajstić information content (AvgIpc) is 3.19. The summed E-state index contributed by atoms with van der Waals surface area (Å²) in [6.07, 6.45) is 1.82. The van der Waals surface area contributed by atoms with E-state index in [1.54, 1.807) is 26.5 Å². The number of aromatic amines is 1. The predicted molar refractivity (Wildman–Crippen MR) is 88.2 cm³/mol. The van der Waals surface area contributed by atoms with E-state index < -0.39 is 0 Å². The lowest BCUT2D eigenvalue weighted by Crippen LogP contribution is -2.22. The fraction of sp³-hybridized carbons (Fsp3) is 0.467. The fourth-order valence-corrected chi connectivity index (χ4v) is 3.46. The molecule has 0 radical (unpaired) electrons. The summed E-state index contributed by atoms with van der Waals surface area (Å²) in [7, 11) is 3.29. The number of benzene rings is 1. The van der Waals surface area contributed by atoms with Crippen molar-refractivity contribution in [2.24, 2.45) is 0 Å². The molecule has 0 spiro atoms. The van der Waals surface area contributed by atoms with Crippen LogP contribution in [-0.2, 0) is 11.3 Å². The molecule has 0 unspecified atom stereocenters. The molecule has 23 heavy (non-hydrogen) atoms. The molecule has 1 N–H and O–H groups in total. The third-order valence-corrected chi connectivity index (χ3v) is 4.82. The number of ether oxygens (including phenoxy) is 2. The van der Waals surface area contributed by atoms with E-state index in [4.69, 9.17) is 32.7 Å². The van der Waals surface area contributed by atoms with Gasteiger partial charge in [-0.05, 0) is 11.6 Å². The van der Waals surface area contributed by atoms with E-state index in [0.29, 0.717) is 22.3 Å². The zero-order chi connectivity index (χ0) is 16.4. The van der Waals surface area contributed by atoms with E-state index in [2.05, 4.69) is 20.3 Å². The normalized spacial score (nSPS) is 21.7. The summed E-state index contributed by atoms with van der Waals surface area (Å²) in [6, 6.07) is 3.60. The van der Waals surface area contributed by atoms with Gasteiger partial charge in [0.15, 0.2) is 0 Å². The quantitative estimate of drug-likeness (QED) is 0.892. The second-order valence-corrected chi connectivity index (χ2v) is 6.36. The summed E-state index contributed by atoms with van der Waals surface area (Å²) in [6.45, 7) is 2.32. The van der Waals surface area contributed by atoms with Crippen LogP contribution in [0.3, 0.4) is 0 Å². The van der Waals surface area contributed by atoms with Crippen LogP contribution in [-0.4, -0.2) is 53.7 Å². The molecule has 1 saturated heterocycles. The minimum absolute atomic E-state index is 0.0765. The molecule has 124 valence electrons. The first-order valence-electron chi connectivity index (χ1n) is 7.25. The Kier molecular flexibility index (Phi) is 5.06. The van der Waals surface area contributed by atoms with Crippen LogP contribution < -0.4 is 4.74 Å². The van der Waals surface area contributed by atoms with Gasteiger partial charge in [0.25, 0.3) is 0 Å². The monoisotopic (exact) mass is 356 g/mol. The Morgan fingerprint density at radius 2 is 2.09 bits per heavy atom. The number of hydrogen-bond acceptors (Lipinski definition) is 5. The smallest absolute Gasteiger partial charge is 0.138 e. The Balaban J connectivity index is 1.75. The van der Waals surface area contributed by atoms with Crippen LogP contribution >= 0.6 is 23.2 Å². The number of halogens is 2. The highest BCUT2D eigenvalue weighted by Gasteiger charge is 2.35. The number of methoxy groups -OCH3 is 2. The zero-order valence-electron chi connectivity index (χ0n) is 12.9. The lowest BCUT2D eigenvalue weighted by atomic mass is 10.0. The number of H-pyrrole nitrogens is 1. The van der Waals surface area contributed by atoms with Crippen LogP contribution in [0.1, 0.15) is 17.2 Å². The summed E-state index contributed by atoms with van der Waals surface area (Å²) in [5, 5.41) is 11.9. The number of hydrogen-bond donors (Lipinski definition) is 1. The van der Waals surface area contributed by atoms with Gasteiger partial charge in [0.05, 0.1) is 30.1 Å². The van der Waals surface area contributed by atoms with Crippen molar-refractivity contribution < 1.29 is 9.47 Å². The first-order chi connectivity index (χ1) is 11.1. The Morgan fingerprint density at radius 3 is 2.74 bits per heavy atom. The van der Waals surface area contributed by atoms with E-state index in [-0.39, 0.29) is 12.0 Å². The Labute approximate surface area is 144 Å². The molecule has 1 aromatic carbocycles. The molecule has 3 rings (SSSR count). The van der Waals surface area contributed by atoms with Gasteiger partial charge in [-0.1, -0.05) is 23.2 Å². The maximum Gasteiger partial charge on any atom is 0.138 e. The summed E-state index contributed by atoms with van der Waals surface area (Å²) in [4.78, 5) is 2.28. The van der Waals surface area contributed by atoms with Crippen LogP contribution in [0.25, 0.3) is 0 Å². The van der Waals surface area contributed by atoms with Crippen molar-refractivity contribution >= 4 is 23.2 Å². The number of nitrogens with zero attached hydrogens (tertiary/aromatic N) is 3. The average molecular weight is 357 g/mol. The molecule has 8 heteroatoms. The Hall–Kier alpha value is -1.34. The summed E-state index contributed by atoms with van der Waals surface area (Å²) >= 11 is 12.5. The summed E-state index contributed by atoms with van der Waals surface area (Å²) in [5.74, 6) is 0.767. The highest BCUT2D eigenvalue weighted by atomic mass is 35.5. The number of aromatic nitrogens is 3. The maximum atomic E-state index is 6.34. The summed E-state index contributed by atoms with van der Waals surface area (Å²) < 4.78 is 10.8. The number of nitrogens with one attached hydrogen (secondary N) is 1. The highest BCUT2D eigenvalue weighted by Crippen LogP contribution is 2.34. The van der Waals surface area contributed by atoms with E-state index in [9.17, 15) is 0 Å². The van der Waals surface area contributed by atoms with Crippen LogP contribution in [0.2, 0.25) is 10.0 Å². The van der Waals surface area contributed by atoms with E-state index >= 15 is 0 Å². The number of likely N-dealkylation sites (tertiary alicyclic amines) is 1. The van der Waals surface area contributed by atoms with Crippen molar-refractivity contribution in [3.8, 4) is 5.75 Å². The van der Waals surface area contributed by atoms with Crippen LogP contribution in [0, 0.1) is 0 Å². The lowest BCUT2D eigenvalue weighted by molar-refractivity contribution is 0.0957. The fourth-order valence-electron chi connectivity index (χ4n) is 2.98. The molecular formula is C15H18Cl2N4O2. The first-order valence-corrected chi connectivity index (χ1v) is 8.00. The topological polar surface area (TPSA) is 63.3 Å². The molecular weight excluding hydrogens is 339 g/mol. The number of rotatable bonds is 5. The molecule has 1 aromatic heterocycles. The lowest BCUT2D eigenvalue weighted by Gasteiger charge is -2.17. The second-order valence-electron chi connectivity index (χ2n) is 5.55. The third-order valence-electron chi connectivity index (χ3n) is 4.17. The van der Waals surface area contributed by atoms with Gasteiger partial charge in [0, 0.05) is 43.8 Å². The van der Waals surface area contributed by atoms with Crippen molar-refractivity contribution in [3.05, 3.63) is 39.6 Å². The van der Waals surface area contributed by atoms with E-state index in [1.165, 1.54) is 0 Å². The van der Waals surface area contributed by atoms with Gasteiger partial charge < -0.3 is 9.47 Å². The molecule has 2 atom stereocenters. The summed E-state index contributed by atoms with van der Waals surface area (Å²) in [5.41, 5.74) is 1.88. The van der Waals surface area contributed by atoms with Crippen molar-refractivity contribution in [1.82, 2.24) is 20.3 Å². The van der Waals surface area contributed by atoms with Gasteiger partial charge in [0.1, 0.15) is 5.75 Å². The van der Waals surface area contributed by atoms with Gasteiger partial charge in [-0.3, -0.25) is 4.90 Å². The molecule has 1 aliphatic heterocycles. The molecule has 2 heterocycles. The zero-order valence-corrected chi connectivity index (χ0v) is 14.4. The van der Waals surface area contributed by atoms with Crippen molar-refractivity contribution in [2.45, 2.75) is 18.6 Å². The second kappa shape index (κ2) is 7.05. The predicted octanol–water partition coefficient (Wildman–Crippen LogP) is 2.73. The van der Waals surface area contributed by atoms with Crippen molar-refractivity contribution in [3.63, 3.8) is 0 Å². The highest BCUT2D eigenvalue weighted by molar-refractivity contribution is 6.34. The molecule has 0 amide bonds. The first kappa shape index (κ1) is 16.5. The van der Waals surface area contributed by atoms with Gasteiger partial charge >= 0.3 is 0 Å². The van der Waals surface area contributed by atoms with Crippen LogP contribution in [0.15, 0.2) is 18.3 Å². The molecule has 1 aliphatic rings. The Morgan fingerprint density at radius 1 is 1.26 bits per heavy atom. The van der Waals surface area contributed by atoms with Gasteiger partial charge in [0.2, 0.25) is 0 Å². The molecule has 0 aliphatic carbocycles. The largest absolute Gasteiger partial charge is 0.495 e. The minimum Gasteiger partial charge on any atom is -0.495 e. The van der Waals surface area contributed by atoms with Crippen molar-refractivity contribution in [1.29, 1.82) is 0 Å². The SMILES string of the molecule is COc1cc(Cl)c(CN2C[C@@H](OC)[C@H](c3cn[nH]n3)C2)cc1Cl. The molecule has 6 nitrogen and oxygen atoms in total. The van der Waals surface area contributed by atoms with Crippen LogP contribution in [0.4, 0.5) is 0 Å². The van der Waals surface area contributed by atoms with E-state index in [0.717, 1.165) is 24.3 Å². The third kappa shape index (κ3) is 3.45. The standard InChI is InChI=1S/C15H18Cl2N4O2/c1-22-14-4-11(16)9(3-12(14)17)6-21-7-10(15(8-21)23-2)13-5-18-20-19-13/h3-5,10,15H,6-8H2,1-2H3,(H,18,19,20)/t10-,15+/m0/s1. The Bertz CT molecular complexity index is 666. The molecule has 0 saturated carbocycles. The van der Waals surface area contributed by atoms with Crippen molar-refractivity contribution in [2.75, 3.05) is 27.3 Å². The molecule has 1 fully saturated rings. The van der Waals surface area contributed by atoms with Gasteiger partial charge in [-0.15, -0.1) is 0 Å². The van der Waals surface area contributed by atoms with Gasteiger partial charge in [-0.25, -0.2) is 0 Å². The van der Waals surface area contributed by atoms with Gasteiger partial charge in [-0.2, -0.15) is 15.4 Å².